The van der Waals surface area contributed by atoms with Crippen molar-refractivity contribution in [1.29, 1.82) is 0 Å². The Morgan fingerprint density at radius 3 is 2.31 bits per heavy atom. The molecule has 0 fully saturated rings. The number of benzene rings is 3. The molecule has 0 aliphatic heterocycles. The van der Waals surface area contributed by atoms with Crippen molar-refractivity contribution in [3.63, 3.8) is 0 Å². The Balaban J connectivity index is 1.54. The quantitative estimate of drug-likeness (QED) is 0.500. The first-order chi connectivity index (χ1) is 12.6. The third-order valence-electron chi connectivity index (χ3n) is 4.25. The van der Waals surface area contributed by atoms with Gasteiger partial charge in [-0.3, -0.25) is 4.79 Å². The normalized spacial score (nSPS) is 10.8. The molecule has 0 bridgehead atoms. The Bertz CT molecular complexity index is 1080. The Morgan fingerprint density at radius 2 is 1.58 bits per heavy atom. The van der Waals surface area contributed by atoms with Crippen LogP contribution in [0.4, 0.5) is 5.69 Å². The van der Waals surface area contributed by atoms with Gasteiger partial charge < -0.3 is 5.32 Å². The van der Waals surface area contributed by atoms with Gasteiger partial charge in [0.25, 0.3) is 5.91 Å². The lowest BCUT2D eigenvalue weighted by Crippen LogP contribution is -2.11. The molecule has 4 aromatic rings. The average Bonchev–Trinajstić information content (AvgIpc) is 3.06. The molecule has 1 amide bonds. The van der Waals surface area contributed by atoms with E-state index in [1.165, 1.54) is 10.3 Å². The van der Waals surface area contributed by atoms with E-state index < -0.39 is 0 Å². The van der Waals surface area contributed by atoms with Crippen molar-refractivity contribution >= 4 is 33.1 Å². The van der Waals surface area contributed by atoms with Gasteiger partial charge in [0.1, 0.15) is 5.01 Å². The first kappa shape index (κ1) is 16.5. The van der Waals surface area contributed by atoms with Crippen LogP contribution in [-0.4, -0.2) is 10.9 Å². The van der Waals surface area contributed by atoms with Gasteiger partial charge in [0.05, 0.1) is 10.2 Å². The van der Waals surface area contributed by atoms with Crippen LogP contribution in [0.2, 0.25) is 0 Å². The van der Waals surface area contributed by atoms with E-state index in [-0.39, 0.29) is 5.91 Å². The van der Waals surface area contributed by atoms with Crippen LogP contribution in [0.25, 0.3) is 20.8 Å². The molecule has 0 atom stereocenters. The largest absolute Gasteiger partial charge is 0.322 e. The minimum absolute atomic E-state index is 0.104. The Labute approximate surface area is 156 Å². The molecule has 4 rings (SSSR count). The summed E-state index contributed by atoms with van der Waals surface area (Å²) < 4.78 is 1.18. The zero-order chi connectivity index (χ0) is 18.1. The van der Waals surface area contributed by atoms with Crippen LogP contribution in [0.3, 0.4) is 0 Å². The van der Waals surface area contributed by atoms with Crippen LogP contribution in [0.1, 0.15) is 21.5 Å². The fraction of sp³-hybridized carbons (Fsp3) is 0.0909. The maximum Gasteiger partial charge on any atom is 0.255 e. The van der Waals surface area contributed by atoms with Gasteiger partial charge in [0.15, 0.2) is 0 Å². The third kappa shape index (κ3) is 3.37. The molecule has 26 heavy (non-hydrogen) atoms. The van der Waals surface area contributed by atoms with Crippen molar-refractivity contribution < 1.29 is 4.79 Å². The molecule has 0 spiro atoms. The summed E-state index contributed by atoms with van der Waals surface area (Å²) in [5.41, 5.74) is 5.86. The summed E-state index contributed by atoms with van der Waals surface area (Å²) >= 11 is 1.68. The Morgan fingerprint density at radius 1 is 0.885 bits per heavy atom. The van der Waals surface area contributed by atoms with Gasteiger partial charge in [0.2, 0.25) is 0 Å². The second-order valence-electron chi connectivity index (χ2n) is 6.39. The van der Waals surface area contributed by atoms with Crippen LogP contribution in [0.15, 0.2) is 66.7 Å². The van der Waals surface area contributed by atoms with E-state index in [0.29, 0.717) is 5.56 Å². The van der Waals surface area contributed by atoms with Gasteiger partial charge in [-0.2, -0.15) is 0 Å². The molecule has 0 radical (unpaired) electrons. The number of hydrogen-bond acceptors (Lipinski definition) is 3. The number of aromatic nitrogens is 1. The second kappa shape index (κ2) is 6.73. The fourth-order valence-corrected chi connectivity index (χ4v) is 3.72. The number of carbonyl (C=O) groups is 1. The minimum atomic E-state index is -0.104. The van der Waals surface area contributed by atoms with Crippen LogP contribution in [-0.2, 0) is 0 Å². The summed E-state index contributed by atoms with van der Waals surface area (Å²) in [5.74, 6) is -0.104. The molecule has 0 aliphatic rings. The van der Waals surface area contributed by atoms with Gasteiger partial charge in [-0.1, -0.05) is 23.8 Å². The highest BCUT2D eigenvalue weighted by molar-refractivity contribution is 7.21. The molecule has 0 aliphatic carbocycles. The molecular weight excluding hydrogens is 340 g/mol. The number of fused-ring (bicyclic) bond motifs is 1. The summed E-state index contributed by atoms with van der Waals surface area (Å²) in [6, 6.07) is 21.7. The smallest absolute Gasteiger partial charge is 0.255 e. The number of hydrogen-bond donors (Lipinski definition) is 1. The number of nitrogens with one attached hydrogen (secondary N) is 1. The number of nitrogens with zero attached hydrogens (tertiary/aromatic N) is 1. The Hall–Kier alpha value is -2.98. The van der Waals surface area contributed by atoms with Crippen LogP contribution in [0, 0.1) is 13.8 Å². The molecule has 3 aromatic carbocycles. The van der Waals surface area contributed by atoms with Crippen LogP contribution < -0.4 is 5.32 Å². The molecule has 0 saturated carbocycles. The molecule has 1 N–H and O–H groups in total. The highest BCUT2D eigenvalue weighted by Gasteiger charge is 2.08. The number of thiazole rings is 1. The lowest BCUT2D eigenvalue weighted by atomic mass is 10.1. The number of carbonyl (C=O) groups excluding carboxylic acids is 1. The average molecular weight is 358 g/mol. The molecule has 0 saturated heterocycles. The van der Waals surface area contributed by atoms with E-state index in [1.54, 1.807) is 11.3 Å². The predicted octanol–water partition coefficient (Wildman–Crippen LogP) is 5.83. The maximum atomic E-state index is 12.3. The van der Waals surface area contributed by atoms with Gasteiger partial charge in [0, 0.05) is 16.8 Å². The molecule has 1 aromatic heterocycles. The van der Waals surface area contributed by atoms with Crippen molar-refractivity contribution in [2.24, 2.45) is 0 Å². The monoisotopic (exact) mass is 358 g/mol. The fourth-order valence-electron chi connectivity index (χ4n) is 2.77. The van der Waals surface area contributed by atoms with Crippen molar-refractivity contribution in [2.75, 3.05) is 5.32 Å². The first-order valence-electron chi connectivity index (χ1n) is 8.44. The third-order valence-corrected chi connectivity index (χ3v) is 5.33. The standard InChI is InChI=1S/C22H18N2OS/c1-14-3-6-16(7-4-14)21(25)23-18-10-8-17(9-11-18)22-24-19-13-15(2)5-12-20(19)26-22/h3-13H,1-2H3,(H,23,25). The van der Waals surface area contributed by atoms with E-state index >= 15 is 0 Å². The van der Waals surface area contributed by atoms with Gasteiger partial charge in [-0.15, -0.1) is 11.3 Å². The van der Waals surface area contributed by atoms with Crippen molar-refractivity contribution in [1.82, 2.24) is 4.98 Å². The molecule has 3 nitrogen and oxygen atoms in total. The number of amides is 1. The number of aryl methyl sites for hydroxylation is 2. The molecule has 4 heteroatoms. The molecule has 0 unspecified atom stereocenters. The first-order valence-corrected chi connectivity index (χ1v) is 9.26. The zero-order valence-corrected chi connectivity index (χ0v) is 15.4. The van der Waals surface area contributed by atoms with E-state index in [0.717, 1.165) is 27.3 Å². The van der Waals surface area contributed by atoms with E-state index in [9.17, 15) is 4.79 Å². The second-order valence-corrected chi connectivity index (χ2v) is 7.42. The molecule has 128 valence electrons. The molecule has 1 heterocycles. The van der Waals surface area contributed by atoms with Crippen LogP contribution in [0.5, 0.6) is 0 Å². The highest BCUT2D eigenvalue weighted by Crippen LogP contribution is 2.31. The van der Waals surface area contributed by atoms with Crippen molar-refractivity contribution in [3.8, 4) is 10.6 Å². The van der Waals surface area contributed by atoms with Crippen LogP contribution >= 0.6 is 11.3 Å². The van der Waals surface area contributed by atoms with Gasteiger partial charge in [-0.05, 0) is 67.9 Å². The molecular formula is C22H18N2OS. The lowest BCUT2D eigenvalue weighted by Gasteiger charge is -2.06. The summed E-state index contributed by atoms with van der Waals surface area (Å²) in [6.45, 7) is 4.08. The van der Waals surface area contributed by atoms with Crippen molar-refractivity contribution in [3.05, 3.63) is 83.4 Å². The van der Waals surface area contributed by atoms with Crippen molar-refractivity contribution in [2.45, 2.75) is 13.8 Å². The summed E-state index contributed by atoms with van der Waals surface area (Å²) in [5, 5.41) is 3.92. The summed E-state index contributed by atoms with van der Waals surface area (Å²) in [4.78, 5) is 17.0. The zero-order valence-electron chi connectivity index (χ0n) is 14.6. The van der Waals surface area contributed by atoms with E-state index in [4.69, 9.17) is 4.98 Å². The van der Waals surface area contributed by atoms with E-state index in [2.05, 4.69) is 30.4 Å². The highest BCUT2D eigenvalue weighted by atomic mass is 32.1. The van der Waals surface area contributed by atoms with E-state index in [1.807, 2.05) is 55.5 Å². The maximum absolute atomic E-state index is 12.3. The topological polar surface area (TPSA) is 42.0 Å². The summed E-state index contributed by atoms with van der Waals surface area (Å²) in [7, 11) is 0. The Kier molecular flexibility index (Phi) is 4.27. The summed E-state index contributed by atoms with van der Waals surface area (Å²) in [6.07, 6.45) is 0. The number of rotatable bonds is 3. The van der Waals surface area contributed by atoms with Gasteiger partial charge in [-0.25, -0.2) is 4.98 Å². The van der Waals surface area contributed by atoms with Gasteiger partial charge >= 0.3 is 0 Å². The predicted molar refractivity (Wildman–Crippen MR) is 109 cm³/mol. The SMILES string of the molecule is Cc1ccc(C(=O)Nc2ccc(-c3nc4cc(C)ccc4s3)cc2)cc1. The lowest BCUT2D eigenvalue weighted by molar-refractivity contribution is 0.102. The minimum Gasteiger partial charge on any atom is -0.322 e. The number of anilines is 1.